The molecule has 2 bridgehead atoms. The molecule has 5 heterocycles. The van der Waals surface area contributed by atoms with E-state index in [9.17, 15) is 22.8 Å². The molecule has 3 aromatic heterocycles. The first kappa shape index (κ1) is 18.6. The van der Waals surface area contributed by atoms with E-state index >= 15 is 0 Å². The summed E-state index contributed by atoms with van der Waals surface area (Å²) in [5.41, 5.74) is -0.943. The largest absolute Gasteiger partial charge is 0.464 e. The van der Waals surface area contributed by atoms with Crippen LogP contribution in [0, 0.1) is 0 Å². The molecule has 8 nitrogen and oxygen atoms in total. The summed E-state index contributed by atoms with van der Waals surface area (Å²) < 4.78 is 44.5. The summed E-state index contributed by atoms with van der Waals surface area (Å²) in [7, 11) is 0. The smallest absolute Gasteiger partial charge is 0.420 e. The number of hydrogen-bond acceptors (Lipinski definition) is 5. The number of nitrogens with zero attached hydrogens (tertiary/aromatic N) is 3. The van der Waals surface area contributed by atoms with E-state index in [2.05, 4.69) is 20.5 Å². The van der Waals surface area contributed by atoms with Crippen LogP contribution >= 0.6 is 0 Å². The maximum atomic E-state index is 13.2. The van der Waals surface area contributed by atoms with Gasteiger partial charge in [-0.05, 0) is 31.4 Å². The lowest BCUT2D eigenvalue weighted by Crippen LogP contribution is -2.45. The molecule has 2 N–H and O–H groups in total. The molecule has 2 amide bonds. The number of pyridine rings is 1. The molecule has 30 heavy (non-hydrogen) atoms. The van der Waals surface area contributed by atoms with Crippen molar-refractivity contribution in [1.29, 1.82) is 0 Å². The second-order valence-corrected chi connectivity index (χ2v) is 7.48. The van der Waals surface area contributed by atoms with Crippen molar-refractivity contribution >= 4 is 22.8 Å². The second kappa shape index (κ2) is 6.57. The van der Waals surface area contributed by atoms with Crippen LogP contribution in [0.2, 0.25) is 0 Å². The van der Waals surface area contributed by atoms with Crippen LogP contribution in [0.15, 0.2) is 35.2 Å². The summed E-state index contributed by atoms with van der Waals surface area (Å²) in [5, 5.41) is 8.72. The van der Waals surface area contributed by atoms with Crippen molar-refractivity contribution in [2.45, 2.75) is 43.6 Å². The minimum Gasteiger partial charge on any atom is -0.464 e. The van der Waals surface area contributed by atoms with Gasteiger partial charge in [-0.1, -0.05) is 0 Å². The van der Waals surface area contributed by atoms with Crippen molar-refractivity contribution in [3.63, 3.8) is 0 Å². The molecule has 0 radical (unpaired) electrons. The third-order valence-electron chi connectivity index (χ3n) is 5.84. The molecular formula is C19H16F3N5O3. The third-order valence-corrected chi connectivity index (χ3v) is 5.84. The van der Waals surface area contributed by atoms with Gasteiger partial charge in [0, 0.05) is 12.2 Å². The van der Waals surface area contributed by atoms with Crippen molar-refractivity contribution in [3.8, 4) is 0 Å². The van der Waals surface area contributed by atoms with Gasteiger partial charge in [-0.15, -0.1) is 0 Å². The van der Waals surface area contributed by atoms with E-state index in [-0.39, 0.29) is 23.7 Å². The van der Waals surface area contributed by atoms with Crippen molar-refractivity contribution in [1.82, 2.24) is 25.4 Å². The Morgan fingerprint density at radius 2 is 2.10 bits per heavy atom. The molecule has 2 saturated heterocycles. The van der Waals surface area contributed by atoms with E-state index in [1.165, 1.54) is 12.5 Å². The summed E-state index contributed by atoms with van der Waals surface area (Å²) in [6.45, 7) is 0. The highest BCUT2D eigenvalue weighted by Crippen LogP contribution is 2.39. The number of aromatic amines is 1. The predicted molar refractivity (Wildman–Crippen MR) is 96.4 cm³/mol. The van der Waals surface area contributed by atoms with E-state index in [1.807, 2.05) is 0 Å². The fraction of sp³-hybridized carbons (Fsp3) is 0.368. The van der Waals surface area contributed by atoms with Crippen molar-refractivity contribution in [2.75, 3.05) is 0 Å². The molecule has 0 saturated carbocycles. The van der Waals surface area contributed by atoms with Gasteiger partial charge in [-0.3, -0.25) is 19.7 Å². The van der Waals surface area contributed by atoms with Gasteiger partial charge >= 0.3 is 6.18 Å². The number of carbonyl (C=O) groups excluding carboxylic acids is 2. The number of rotatable bonds is 3. The molecule has 0 aliphatic carbocycles. The van der Waals surface area contributed by atoms with E-state index in [0.717, 1.165) is 6.42 Å². The predicted octanol–water partition coefficient (Wildman–Crippen LogP) is 2.75. The molecule has 0 aromatic carbocycles. The Labute approximate surface area is 167 Å². The number of nitrogens with one attached hydrogen (secondary N) is 2. The molecule has 2 aliphatic rings. The normalized spacial score (nSPS) is 23.3. The van der Waals surface area contributed by atoms with Crippen molar-refractivity contribution < 1.29 is 27.2 Å². The van der Waals surface area contributed by atoms with E-state index in [4.69, 9.17) is 4.42 Å². The lowest BCUT2D eigenvalue weighted by atomic mass is 9.95. The average molecular weight is 419 g/mol. The number of amides is 2. The average Bonchev–Trinajstić information content (AvgIpc) is 3.48. The molecule has 0 unspecified atom stereocenters. The highest BCUT2D eigenvalue weighted by atomic mass is 19.4. The highest BCUT2D eigenvalue weighted by Gasteiger charge is 2.50. The number of furan rings is 1. The fourth-order valence-corrected chi connectivity index (χ4v) is 4.56. The quantitative estimate of drug-likeness (QED) is 0.680. The number of aromatic nitrogens is 3. The van der Waals surface area contributed by atoms with Crippen LogP contribution in [0.5, 0.6) is 0 Å². The summed E-state index contributed by atoms with van der Waals surface area (Å²) in [4.78, 5) is 31.6. The van der Waals surface area contributed by atoms with Crippen LogP contribution in [0.1, 0.15) is 45.8 Å². The van der Waals surface area contributed by atoms with E-state index in [0.29, 0.717) is 30.0 Å². The molecule has 3 atom stereocenters. The first-order valence-corrected chi connectivity index (χ1v) is 9.41. The topological polar surface area (TPSA) is 104 Å². The fourth-order valence-electron chi connectivity index (χ4n) is 4.56. The molecule has 2 fully saturated rings. The second-order valence-electron chi connectivity index (χ2n) is 7.48. The molecule has 156 valence electrons. The first-order chi connectivity index (χ1) is 14.3. The van der Waals surface area contributed by atoms with Crippen LogP contribution < -0.4 is 5.32 Å². The Morgan fingerprint density at radius 1 is 1.27 bits per heavy atom. The van der Waals surface area contributed by atoms with Crippen LogP contribution in [-0.2, 0) is 6.18 Å². The minimum atomic E-state index is -4.69. The lowest BCUT2D eigenvalue weighted by Gasteiger charge is -2.25. The lowest BCUT2D eigenvalue weighted by molar-refractivity contribution is -0.137. The third kappa shape index (κ3) is 2.84. The van der Waals surface area contributed by atoms with Gasteiger partial charge < -0.3 is 14.6 Å². The van der Waals surface area contributed by atoms with Crippen molar-refractivity contribution in [2.24, 2.45) is 0 Å². The summed E-state index contributed by atoms with van der Waals surface area (Å²) >= 11 is 0. The van der Waals surface area contributed by atoms with Gasteiger partial charge in [-0.2, -0.15) is 18.3 Å². The molecule has 5 rings (SSSR count). The maximum absolute atomic E-state index is 13.2. The van der Waals surface area contributed by atoms with Crippen LogP contribution in [0.4, 0.5) is 13.2 Å². The summed E-state index contributed by atoms with van der Waals surface area (Å²) in [6, 6.07) is 2.46. The molecule has 2 aliphatic heterocycles. The number of hydrogen-bond donors (Lipinski definition) is 2. The Bertz CT molecular complexity index is 1140. The standard InChI is InChI=1S/C19H16F3N5O3/c20-19(21,22)11-8-24-26-16(11)17(28)25-12-7-9-1-2-13(12)27(9)18(29)15-10-4-6-30-14(10)3-5-23-15/h3-6,8-9,12-13H,1-2,7H2,(H,24,26)(H,25,28)/t9-,12+,13+/m0/s1. The zero-order valence-electron chi connectivity index (χ0n) is 15.4. The van der Waals surface area contributed by atoms with E-state index < -0.39 is 29.4 Å². The van der Waals surface area contributed by atoms with Crippen LogP contribution in [0.3, 0.4) is 0 Å². The number of alkyl halides is 3. The highest BCUT2D eigenvalue weighted by molar-refractivity contribution is 6.04. The molecular weight excluding hydrogens is 403 g/mol. The zero-order chi connectivity index (χ0) is 21.0. The van der Waals surface area contributed by atoms with Crippen LogP contribution in [0.25, 0.3) is 11.0 Å². The number of H-pyrrole nitrogens is 1. The Balaban J connectivity index is 1.37. The van der Waals surface area contributed by atoms with Gasteiger partial charge in [0.2, 0.25) is 0 Å². The number of halogens is 3. The summed E-state index contributed by atoms with van der Waals surface area (Å²) in [6.07, 6.45) is 0.757. The first-order valence-electron chi connectivity index (χ1n) is 9.41. The molecule has 11 heteroatoms. The Morgan fingerprint density at radius 3 is 2.90 bits per heavy atom. The SMILES string of the molecule is O=C(N[C@@H]1C[C@@H]2CC[C@H]1N2C(=O)c1nccc2occc12)c1[nH]ncc1C(F)(F)F. The van der Waals surface area contributed by atoms with Gasteiger partial charge in [-0.25, -0.2) is 0 Å². The number of fused-ring (bicyclic) bond motifs is 3. The van der Waals surface area contributed by atoms with Gasteiger partial charge in [0.05, 0.1) is 29.9 Å². The van der Waals surface area contributed by atoms with E-state index in [1.54, 1.807) is 17.0 Å². The Hall–Kier alpha value is -3.37. The summed E-state index contributed by atoms with van der Waals surface area (Å²) in [5.74, 6) is -1.16. The van der Waals surface area contributed by atoms with Gasteiger partial charge in [0.1, 0.15) is 22.5 Å². The number of carbonyl (C=O) groups is 2. The maximum Gasteiger partial charge on any atom is 0.420 e. The minimum absolute atomic E-state index is 0.111. The zero-order valence-corrected chi connectivity index (χ0v) is 15.4. The molecule has 0 spiro atoms. The monoisotopic (exact) mass is 419 g/mol. The molecule has 3 aromatic rings. The Kier molecular flexibility index (Phi) is 4.09. The van der Waals surface area contributed by atoms with Gasteiger partial charge in [0.25, 0.3) is 11.8 Å². The van der Waals surface area contributed by atoms with Crippen molar-refractivity contribution in [3.05, 3.63) is 47.7 Å². The van der Waals surface area contributed by atoms with Gasteiger partial charge in [0.15, 0.2) is 0 Å². The van der Waals surface area contributed by atoms with Crippen LogP contribution in [-0.4, -0.2) is 50.0 Å².